The first-order valence-corrected chi connectivity index (χ1v) is 6.46. The van der Waals surface area contributed by atoms with Crippen molar-refractivity contribution in [3.63, 3.8) is 0 Å². The first-order valence-electron chi connectivity index (χ1n) is 6.46. The highest BCUT2D eigenvalue weighted by molar-refractivity contribution is 5.25. The van der Waals surface area contributed by atoms with Gasteiger partial charge in [-0.3, -0.25) is 9.36 Å². The van der Waals surface area contributed by atoms with E-state index in [2.05, 4.69) is 30.1 Å². The number of nitrogens with zero attached hydrogens (tertiary/aromatic N) is 4. The fourth-order valence-electron chi connectivity index (χ4n) is 2.07. The Bertz CT molecular complexity index is 511. The minimum Gasteiger partial charge on any atom is -0.319 e. The van der Waals surface area contributed by atoms with Gasteiger partial charge < -0.3 is 5.73 Å². The molecule has 0 aliphatic carbocycles. The van der Waals surface area contributed by atoms with Crippen LogP contribution >= 0.6 is 0 Å². The van der Waals surface area contributed by atoms with Crippen molar-refractivity contribution in [3.8, 4) is 0 Å². The summed E-state index contributed by atoms with van der Waals surface area (Å²) in [5.74, 6) is 0. The summed E-state index contributed by atoms with van der Waals surface area (Å²) in [6.07, 6.45) is 5.86. The van der Waals surface area contributed by atoms with Gasteiger partial charge in [0.25, 0.3) is 0 Å². The summed E-state index contributed by atoms with van der Waals surface area (Å²) in [7, 11) is 1.94. The van der Waals surface area contributed by atoms with Crippen LogP contribution in [0.25, 0.3) is 0 Å². The van der Waals surface area contributed by atoms with E-state index >= 15 is 0 Å². The van der Waals surface area contributed by atoms with Crippen molar-refractivity contribution < 1.29 is 0 Å². The zero-order valence-corrected chi connectivity index (χ0v) is 11.3. The Labute approximate surface area is 108 Å². The molecule has 0 aliphatic rings. The second kappa shape index (κ2) is 5.35. The first kappa shape index (κ1) is 12.8. The molecule has 0 spiro atoms. The molecular formula is C13H21N5. The summed E-state index contributed by atoms with van der Waals surface area (Å²) in [4.78, 5) is 0. The molecule has 2 heterocycles. The summed E-state index contributed by atoms with van der Waals surface area (Å²) in [6.45, 7) is 5.16. The molecule has 2 aromatic rings. The van der Waals surface area contributed by atoms with Crippen LogP contribution in [0, 0.1) is 0 Å². The predicted octanol–water partition coefficient (Wildman–Crippen LogP) is 1.64. The fourth-order valence-corrected chi connectivity index (χ4v) is 2.07. The molecule has 0 amide bonds. The Morgan fingerprint density at radius 2 is 2.17 bits per heavy atom. The molecule has 0 fully saturated rings. The number of rotatable bonds is 5. The van der Waals surface area contributed by atoms with E-state index in [4.69, 9.17) is 5.73 Å². The largest absolute Gasteiger partial charge is 0.319 e. The molecule has 2 rings (SSSR count). The van der Waals surface area contributed by atoms with Crippen LogP contribution in [0.3, 0.4) is 0 Å². The third-order valence-electron chi connectivity index (χ3n) is 3.11. The van der Waals surface area contributed by atoms with Gasteiger partial charge in [-0.15, -0.1) is 0 Å². The van der Waals surface area contributed by atoms with E-state index in [9.17, 15) is 0 Å². The van der Waals surface area contributed by atoms with Crippen LogP contribution < -0.4 is 5.73 Å². The Hall–Kier alpha value is -1.62. The van der Waals surface area contributed by atoms with E-state index in [1.165, 1.54) is 0 Å². The van der Waals surface area contributed by atoms with Crippen molar-refractivity contribution in [2.75, 3.05) is 0 Å². The maximum absolute atomic E-state index is 6.28. The monoisotopic (exact) mass is 247 g/mol. The second-order valence-corrected chi connectivity index (χ2v) is 4.55. The van der Waals surface area contributed by atoms with Crippen LogP contribution in [0.4, 0.5) is 0 Å². The molecule has 1 atom stereocenters. The van der Waals surface area contributed by atoms with E-state index in [1.807, 2.05) is 28.8 Å². The van der Waals surface area contributed by atoms with Crippen molar-refractivity contribution in [1.82, 2.24) is 19.6 Å². The lowest BCUT2D eigenvalue weighted by Crippen LogP contribution is -2.15. The number of hydrogen-bond donors (Lipinski definition) is 1. The van der Waals surface area contributed by atoms with Crippen LogP contribution in [0.1, 0.15) is 43.3 Å². The highest BCUT2D eigenvalue weighted by atomic mass is 15.3. The molecule has 5 nitrogen and oxygen atoms in total. The van der Waals surface area contributed by atoms with E-state index < -0.39 is 0 Å². The lowest BCUT2D eigenvalue weighted by Gasteiger charge is -2.09. The van der Waals surface area contributed by atoms with Crippen LogP contribution in [-0.4, -0.2) is 19.6 Å². The topological polar surface area (TPSA) is 61.7 Å². The summed E-state index contributed by atoms with van der Waals surface area (Å²) in [5, 5.41) is 8.74. The molecule has 0 aromatic carbocycles. The molecule has 0 aliphatic heterocycles. The summed E-state index contributed by atoms with van der Waals surface area (Å²) < 4.78 is 3.80. The molecule has 0 saturated heterocycles. The molecule has 98 valence electrons. The Balaban J connectivity index is 2.23. The first-order chi connectivity index (χ1) is 8.65. The number of hydrogen-bond acceptors (Lipinski definition) is 3. The van der Waals surface area contributed by atoms with Gasteiger partial charge in [-0.05, 0) is 18.9 Å². The van der Waals surface area contributed by atoms with Crippen LogP contribution in [0.5, 0.6) is 0 Å². The van der Waals surface area contributed by atoms with E-state index in [0.29, 0.717) is 0 Å². The molecule has 0 radical (unpaired) electrons. The smallest absolute Gasteiger partial charge is 0.0754 e. The number of nitrogens with two attached hydrogens (primary N) is 1. The lowest BCUT2D eigenvalue weighted by molar-refractivity contribution is 0.601. The molecule has 0 bridgehead atoms. The number of aryl methyl sites for hydroxylation is 3. The van der Waals surface area contributed by atoms with Crippen molar-refractivity contribution >= 4 is 0 Å². The maximum Gasteiger partial charge on any atom is 0.0754 e. The maximum atomic E-state index is 6.28. The van der Waals surface area contributed by atoms with Crippen LogP contribution in [0.2, 0.25) is 0 Å². The molecule has 1 unspecified atom stereocenters. The second-order valence-electron chi connectivity index (χ2n) is 4.55. The molecular weight excluding hydrogens is 226 g/mol. The van der Waals surface area contributed by atoms with E-state index in [-0.39, 0.29) is 6.04 Å². The summed E-state index contributed by atoms with van der Waals surface area (Å²) in [5.41, 5.74) is 9.42. The highest BCUT2D eigenvalue weighted by Gasteiger charge is 2.16. The van der Waals surface area contributed by atoms with Crippen LogP contribution in [0.15, 0.2) is 18.5 Å². The van der Waals surface area contributed by atoms with Gasteiger partial charge in [0.2, 0.25) is 0 Å². The van der Waals surface area contributed by atoms with Gasteiger partial charge in [0.1, 0.15) is 0 Å². The predicted molar refractivity (Wildman–Crippen MR) is 71.1 cm³/mol. The lowest BCUT2D eigenvalue weighted by atomic mass is 10.1. The standard InChI is InChI=1S/C13H21N5/c1-4-6-18-9-10(8-15-18)13(14)12-7-11(5-2)16-17(12)3/h7-9,13H,4-6,14H2,1-3H3. The Kier molecular flexibility index (Phi) is 3.81. The molecule has 18 heavy (non-hydrogen) atoms. The SMILES string of the molecule is CCCn1cc(C(N)c2cc(CC)nn2C)cn1. The van der Waals surface area contributed by atoms with Crippen molar-refractivity contribution in [2.24, 2.45) is 12.8 Å². The summed E-state index contributed by atoms with van der Waals surface area (Å²) >= 11 is 0. The third-order valence-corrected chi connectivity index (χ3v) is 3.11. The molecule has 5 heteroatoms. The summed E-state index contributed by atoms with van der Waals surface area (Å²) in [6, 6.07) is 1.91. The minimum absolute atomic E-state index is 0.159. The average molecular weight is 247 g/mol. The van der Waals surface area contributed by atoms with E-state index in [0.717, 1.165) is 36.3 Å². The zero-order valence-electron chi connectivity index (χ0n) is 11.3. The quantitative estimate of drug-likeness (QED) is 0.873. The average Bonchev–Trinajstić information content (AvgIpc) is 2.95. The van der Waals surface area contributed by atoms with Crippen molar-refractivity contribution in [2.45, 2.75) is 39.3 Å². The van der Waals surface area contributed by atoms with Gasteiger partial charge in [0.05, 0.1) is 23.6 Å². The molecule has 2 aromatic heterocycles. The Morgan fingerprint density at radius 3 is 2.78 bits per heavy atom. The zero-order chi connectivity index (χ0) is 13.1. The Morgan fingerprint density at radius 1 is 1.39 bits per heavy atom. The third kappa shape index (κ3) is 2.46. The van der Waals surface area contributed by atoms with Crippen molar-refractivity contribution in [1.29, 1.82) is 0 Å². The molecule has 2 N–H and O–H groups in total. The van der Waals surface area contributed by atoms with Gasteiger partial charge in [-0.1, -0.05) is 13.8 Å². The normalized spacial score (nSPS) is 12.9. The van der Waals surface area contributed by atoms with Gasteiger partial charge in [0, 0.05) is 25.4 Å². The van der Waals surface area contributed by atoms with Gasteiger partial charge in [0.15, 0.2) is 0 Å². The molecule has 0 saturated carbocycles. The minimum atomic E-state index is -0.159. The highest BCUT2D eigenvalue weighted by Crippen LogP contribution is 2.19. The van der Waals surface area contributed by atoms with Gasteiger partial charge in [-0.2, -0.15) is 10.2 Å². The number of aromatic nitrogens is 4. The fraction of sp³-hybridized carbons (Fsp3) is 0.538. The van der Waals surface area contributed by atoms with Crippen LogP contribution in [-0.2, 0) is 20.0 Å². The van der Waals surface area contributed by atoms with Gasteiger partial charge in [-0.25, -0.2) is 0 Å². The van der Waals surface area contributed by atoms with Crippen molar-refractivity contribution in [3.05, 3.63) is 35.4 Å². The van der Waals surface area contributed by atoms with Gasteiger partial charge >= 0.3 is 0 Å². The van der Waals surface area contributed by atoms with E-state index in [1.54, 1.807) is 0 Å².